The highest BCUT2D eigenvalue weighted by molar-refractivity contribution is 6.10. The molecule has 4 rings (SSSR count). The van der Waals surface area contributed by atoms with E-state index in [1.807, 2.05) is 18.2 Å². The number of rotatable bonds is 2. The molecule has 0 radical (unpaired) electrons. The van der Waals surface area contributed by atoms with Crippen LogP contribution in [0.25, 0.3) is 0 Å². The van der Waals surface area contributed by atoms with E-state index in [0.717, 1.165) is 22.4 Å². The molecule has 0 N–H and O–H groups in total. The van der Waals surface area contributed by atoms with E-state index in [0.29, 0.717) is 30.4 Å². The van der Waals surface area contributed by atoms with E-state index in [9.17, 15) is 18.0 Å². The Morgan fingerprint density at radius 2 is 2.00 bits per heavy atom. The third kappa shape index (κ3) is 1.89. The molecule has 1 aliphatic heterocycles. The van der Waals surface area contributed by atoms with Crippen LogP contribution < -0.4 is 4.90 Å². The maximum absolute atomic E-state index is 12.8. The first kappa shape index (κ1) is 13.2. The third-order valence-electron chi connectivity index (χ3n) is 5.11. The molecule has 1 amide bonds. The van der Waals surface area contributed by atoms with Gasteiger partial charge >= 0.3 is 6.18 Å². The lowest BCUT2D eigenvalue weighted by Gasteiger charge is -2.20. The Morgan fingerprint density at radius 3 is 2.52 bits per heavy atom. The third-order valence-corrected chi connectivity index (χ3v) is 5.11. The first-order chi connectivity index (χ1) is 9.82. The lowest BCUT2D eigenvalue weighted by atomic mass is 9.95. The highest BCUT2D eigenvalue weighted by atomic mass is 19.4. The molecule has 2 nitrogen and oxygen atoms in total. The highest BCUT2D eigenvalue weighted by Crippen LogP contribution is 2.59. The molecule has 112 valence electrons. The molecule has 0 saturated heterocycles. The lowest BCUT2D eigenvalue weighted by molar-refractivity contribution is -0.132. The zero-order valence-electron chi connectivity index (χ0n) is 11.7. The number of fused-ring (bicyclic) bond motifs is 2. The van der Waals surface area contributed by atoms with Crippen LogP contribution in [-0.4, -0.2) is 18.6 Å². The van der Waals surface area contributed by atoms with Crippen LogP contribution in [0.4, 0.5) is 18.9 Å². The Morgan fingerprint density at radius 1 is 1.33 bits per heavy atom. The first-order valence-electron chi connectivity index (χ1n) is 7.35. The molecule has 0 aromatic heterocycles. The molecule has 2 saturated carbocycles. The average molecular weight is 295 g/mol. The SMILES string of the molecule is C[C@H]1CC1c1ccc2c(c1)N(CC(F)(F)F)C(=O)C21CC1. The summed E-state index contributed by atoms with van der Waals surface area (Å²) in [7, 11) is 0. The standard InChI is InChI=1S/C16H16F3NO/c1-9-6-11(9)10-2-3-12-13(7-10)20(8-16(17,18)19)14(21)15(12)4-5-15/h2-3,7,9,11H,4-6,8H2,1H3/t9-,11?/m0/s1. The van der Waals surface area contributed by atoms with Crippen molar-refractivity contribution in [3.05, 3.63) is 29.3 Å². The Balaban J connectivity index is 1.76. The monoisotopic (exact) mass is 295 g/mol. The van der Waals surface area contributed by atoms with Crippen molar-refractivity contribution in [3.63, 3.8) is 0 Å². The number of nitrogens with zero attached hydrogens (tertiary/aromatic N) is 1. The molecule has 2 aliphatic carbocycles. The van der Waals surface area contributed by atoms with Crippen LogP contribution in [-0.2, 0) is 10.2 Å². The number of amides is 1. The number of alkyl halides is 3. The molecule has 1 aromatic rings. The lowest BCUT2D eigenvalue weighted by Crippen LogP contribution is -2.39. The number of carbonyl (C=O) groups excluding carboxylic acids is 1. The summed E-state index contributed by atoms with van der Waals surface area (Å²) in [4.78, 5) is 13.4. The van der Waals surface area contributed by atoms with Crippen molar-refractivity contribution in [2.75, 3.05) is 11.4 Å². The van der Waals surface area contributed by atoms with Gasteiger partial charge in [-0.3, -0.25) is 4.79 Å². The van der Waals surface area contributed by atoms with Gasteiger partial charge in [-0.15, -0.1) is 0 Å². The van der Waals surface area contributed by atoms with Gasteiger partial charge in [0, 0.05) is 5.69 Å². The molecular weight excluding hydrogens is 279 g/mol. The number of hydrogen-bond donors (Lipinski definition) is 0. The Bertz CT molecular complexity index is 633. The predicted octanol–water partition coefficient (Wildman–Crippen LogP) is 3.75. The fourth-order valence-corrected chi connectivity index (χ4v) is 3.62. The van der Waals surface area contributed by atoms with Crippen LogP contribution >= 0.6 is 0 Å². The zero-order valence-corrected chi connectivity index (χ0v) is 11.7. The molecule has 2 atom stereocenters. The highest BCUT2D eigenvalue weighted by Gasteiger charge is 2.60. The minimum Gasteiger partial charge on any atom is -0.302 e. The van der Waals surface area contributed by atoms with Gasteiger partial charge in [-0.05, 0) is 48.3 Å². The summed E-state index contributed by atoms with van der Waals surface area (Å²) in [5.74, 6) is 0.663. The average Bonchev–Trinajstić information content (AvgIpc) is 3.28. The maximum atomic E-state index is 12.8. The summed E-state index contributed by atoms with van der Waals surface area (Å²) in [6.07, 6.45) is -1.94. The van der Waals surface area contributed by atoms with Crippen LogP contribution in [0.3, 0.4) is 0 Å². The van der Waals surface area contributed by atoms with Crippen LogP contribution in [0.2, 0.25) is 0 Å². The minimum atomic E-state index is -4.36. The van der Waals surface area contributed by atoms with Crippen molar-refractivity contribution in [1.82, 2.24) is 0 Å². The first-order valence-corrected chi connectivity index (χ1v) is 7.35. The second kappa shape index (κ2) is 3.81. The van der Waals surface area contributed by atoms with Gasteiger partial charge in [0.15, 0.2) is 0 Å². The van der Waals surface area contributed by atoms with Crippen LogP contribution in [0.1, 0.15) is 43.2 Å². The zero-order chi connectivity index (χ0) is 15.0. The van der Waals surface area contributed by atoms with Gasteiger partial charge in [-0.25, -0.2) is 0 Å². The van der Waals surface area contributed by atoms with Gasteiger partial charge in [0.2, 0.25) is 5.91 Å². The van der Waals surface area contributed by atoms with Crippen molar-refractivity contribution in [2.45, 2.75) is 43.7 Å². The maximum Gasteiger partial charge on any atom is 0.406 e. The van der Waals surface area contributed by atoms with Crippen molar-refractivity contribution in [3.8, 4) is 0 Å². The number of benzene rings is 1. The molecular formula is C16H16F3NO. The number of carbonyl (C=O) groups is 1. The largest absolute Gasteiger partial charge is 0.406 e. The van der Waals surface area contributed by atoms with E-state index in [1.165, 1.54) is 0 Å². The van der Waals surface area contributed by atoms with Gasteiger partial charge in [-0.1, -0.05) is 19.1 Å². The second-order valence-corrected chi connectivity index (χ2v) is 6.68. The van der Waals surface area contributed by atoms with Gasteiger partial charge in [0.1, 0.15) is 6.54 Å². The van der Waals surface area contributed by atoms with Gasteiger partial charge in [0.25, 0.3) is 0 Å². The number of halogens is 3. The van der Waals surface area contributed by atoms with Crippen LogP contribution in [0, 0.1) is 5.92 Å². The molecule has 0 bridgehead atoms. The van der Waals surface area contributed by atoms with E-state index in [-0.39, 0.29) is 5.91 Å². The summed E-state index contributed by atoms with van der Waals surface area (Å²) in [6.45, 7) is 0.961. The molecule has 1 heterocycles. The predicted molar refractivity (Wildman–Crippen MR) is 72.3 cm³/mol. The second-order valence-electron chi connectivity index (χ2n) is 6.68. The van der Waals surface area contributed by atoms with Gasteiger partial charge in [-0.2, -0.15) is 13.2 Å². The molecule has 5 heteroatoms. The van der Waals surface area contributed by atoms with E-state index in [1.54, 1.807) is 0 Å². The molecule has 3 aliphatic rings. The molecule has 21 heavy (non-hydrogen) atoms. The Labute approximate surface area is 120 Å². The van der Waals surface area contributed by atoms with E-state index in [2.05, 4.69) is 6.92 Å². The fraction of sp³-hybridized carbons (Fsp3) is 0.562. The summed E-state index contributed by atoms with van der Waals surface area (Å²) < 4.78 is 38.4. The normalized spacial score (nSPS) is 29.0. The topological polar surface area (TPSA) is 20.3 Å². The minimum absolute atomic E-state index is 0.365. The van der Waals surface area contributed by atoms with Gasteiger partial charge < -0.3 is 4.90 Å². The molecule has 1 unspecified atom stereocenters. The van der Waals surface area contributed by atoms with Crippen molar-refractivity contribution in [1.29, 1.82) is 0 Å². The van der Waals surface area contributed by atoms with E-state index in [4.69, 9.17) is 0 Å². The molecule has 1 aromatic carbocycles. The van der Waals surface area contributed by atoms with Crippen molar-refractivity contribution in [2.24, 2.45) is 5.92 Å². The Hall–Kier alpha value is -1.52. The smallest absolute Gasteiger partial charge is 0.302 e. The Kier molecular flexibility index (Phi) is 2.39. The van der Waals surface area contributed by atoms with Crippen molar-refractivity contribution >= 4 is 11.6 Å². The van der Waals surface area contributed by atoms with E-state index < -0.39 is 18.1 Å². The summed E-state index contributed by atoms with van der Waals surface area (Å²) in [5.41, 5.74) is 1.72. The van der Waals surface area contributed by atoms with E-state index >= 15 is 0 Å². The quantitative estimate of drug-likeness (QED) is 0.813. The summed E-state index contributed by atoms with van der Waals surface area (Å²) in [5, 5.41) is 0. The van der Waals surface area contributed by atoms with Crippen molar-refractivity contribution < 1.29 is 18.0 Å². The summed E-state index contributed by atoms with van der Waals surface area (Å²) >= 11 is 0. The summed E-state index contributed by atoms with van der Waals surface area (Å²) in [6, 6.07) is 5.70. The fourth-order valence-electron chi connectivity index (χ4n) is 3.62. The van der Waals surface area contributed by atoms with Crippen LogP contribution in [0.15, 0.2) is 18.2 Å². The number of anilines is 1. The molecule has 2 fully saturated rings. The van der Waals surface area contributed by atoms with Crippen LogP contribution in [0.5, 0.6) is 0 Å². The number of hydrogen-bond acceptors (Lipinski definition) is 1. The van der Waals surface area contributed by atoms with Gasteiger partial charge in [0.05, 0.1) is 5.41 Å². The molecule has 1 spiro atoms.